The van der Waals surface area contributed by atoms with E-state index in [1.165, 1.54) is 4.90 Å². The summed E-state index contributed by atoms with van der Waals surface area (Å²) in [6.45, 7) is 0.220. The Morgan fingerprint density at radius 2 is 2.11 bits per heavy atom. The highest BCUT2D eigenvalue weighted by atomic mass is 16.5. The molecule has 98 valence electrons. The van der Waals surface area contributed by atoms with Crippen LogP contribution in [-0.2, 0) is 16.0 Å². The highest BCUT2D eigenvalue weighted by molar-refractivity contribution is 5.79. The van der Waals surface area contributed by atoms with Gasteiger partial charge < -0.3 is 14.7 Å². The van der Waals surface area contributed by atoms with Crippen molar-refractivity contribution in [2.75, 3.05) is 20.7 Å². The van der Waals surface area contributed by atoms with Gasteiger partial charge in [-0.2, -0.15) is 0 Å². The number of carboxylic acid groups (broad SMARTS) is 1. The number of carboxylic acids is 1. The third-order valence-corrected chi connectivity index (χ3v) is 2.58. The summed E-state index contributed by atoms with van der Waals surface area (Å²) in [5.41, 5.74) is 0.849. The molecule has 1 N–H and O–H groups in total. The third-order valence-electron chi connectivity index (χ3n) is 2.58. The normalized spacial score (nSPS) is 9.89. The van der Waals surface area contributed by atoms with Crippen molar-refractivity contribution < 1.29 is 19.4 Å². The largest absolute Gasteiger partial charge is 0.497 e. The van der Waals surface area contributed by atoms with Crippen molar-refractivity contribution in [3.05, 3.63) is 29.8 Å². The molecule has 1 amide bonds. The summed E-state index contributed by atoms with van der Waals surface area (Å²) in [5.74, 6) is -0.311. The molecule has 0 aliphatic heterocycles. The fourth-order valence-electron chi connectivity index (χ4n) is 1.48. The van der Waals surface area contributed by atoms with E-state index in [2.05, 4.69) is 0 Å². The number of hydrogen-bond acceptors (Lipinski definition) is 3. The Kier molecular flexibility index (Phi) is 5.17. The van der Waals surface area contributed by atoms with Gasteiger partial charge in [0.15, 0.2) is 0 Å². The van der Waals surface area contributed by atoms with Crippen LogP contribution < -0.4 is 4.74 Å². The molecule has 0 heterocycles. The van der Waals surface area contributed by atoms with Gasteiger partial charge in [-0.05, 0) is 17.7 Å². The molecular formula is C13H17NO4. The van der Waals surface area contributed by atoms with Crippen molar-refractivity contribution >= 4 is 11.9 Å². The van der Waals surface area contributed by atoms with Crippen molar-refractivity contribution in [3.63, 3.8) is 0 Å². The van der Waals surface area contributed by atoms with Crippen LogP contribution in [0.1, 0.15) is 12.0 Å². The Morgan fingerprint density at radius 1 is 1.39 bits per heavy atom. The first kappa shape index (κ1) is 14.0. The van der Waals surface area contributed by atoms with Crippen LogP contribution in [0.4, 0.5) is 0 Å². The summed E-state index contributed by atoms with van der Waals surface area (Å²) in [7, 11) is 3.17. The lowest BCUT2D eigenvalue weighted by Crippen LogP contribution is -2.30. The van der Waals surface area contributed by atoms with Crippen molar-refractivity contribution in [2.45, 2.75) is 12.8 Å². The topological polar surface area (TPSA) is 66.8 Å². The summed E-state index contributed by atoms with van der Waals surface area (Å²) in [5, 5.41) is 8.55. The number of likely N-dealkylation sites (N-methyl/N-ethyl adjacent to an activating group) is 1. The van der Waals surface area contributed by atoms with E-state index in [9.17, 15) is 9.59 Å². The van der Waals surface area contributed by atoms with E-state index in [4.69, 9.17) is 9.84 Å². The minimum absolute atomic E-state index is 0.0413. The van der Waals surface area contributed by atoms with Crippen molar-refractivity contribution in [1.82, 2.24) is 4.90 Å². The monoisotopic (exact) mass is 251 g/mol. The van der Waals surface area contributed by atoms with Gasteiger partial charge in [0.2, 0.25) is 5.91 Å². The predicted octanol–water partition coefficient (Wildman–Crippen LogP) is 1.17. The molecule has 0 aliphatic rings. The molecule has 18 heavy (non-hydrogen) atoms. The zero-order valence-corrected chi connectivity index (χ0v) is 10.5. The van der Waals surface area contributed by atoms with Gasteiger partial charge >= 0.3 is 5.97 Å². The summed E-state index contributed by atoms with van der Waals surface area (Å²) in [6.07, 6.45) is 0.202. The number of benzene rings is 1. The molecule has 0 aliphatic carbocycles. The Labute approximate surface area is 106 Å². The van der Waals surface area contributed by atoms with Gasteiger partial charge in [-0.3, -0.25) is 9.59 Å². The molecular weight excluding hydrogens is 234 g/mol. The SMILES string of the molecule is COc1cccc(CC(=O)N(C)CCC(=O)O)c1. The number of methoxy groups -OCH3 is 1. The lowest BCUT2D eigenvalue weighted by Gasteiger charge is -2.16. The van der Waals surface area contributed by atoms with Gasteiger partial charge in [-0.1, -0.05) is 12.1 Å². The number of ether oxygens (including phenoxy) is 1. The molecule has 0 saturated carbocycles. The van der Waals surface area contributed by atoms with Crippen molar-refractivity contribution in [2.24, 2.45) is 0 Å². The molecule has 5 nitrogen and oxygen atoms in total. The molecule has 0 fully saturated rings. The van der Waals surface area contributed by atoms with Gasteiger partial charge in [0.05, 0.1) is 20.0 Å². The highest BCUT2D eigenvalue weighted by Crippen LogP contribution is 2.13. The molecule has 0 atom stereocenters. The third kappa shape index (κ3) is 4.45. The Balaban J connectivity index is 2.55. The van der Waals surface area contributed by atoms with Gasteiger partial charge in [0.1, 0.15) is 5.75 Å². The highest BCUT2D eigenvalue weighted by Gasteiger charge is 2.11. The first-order valence-corrected chi connectivity index (χ1v) is 5.61. The molecule has 0 bridgehead atoms. The number of carbonyl (C=O) groups excluding carboxylic acids is 1. The second-order valence-corrected chi connectivity index (χ2v) is 3.99. The number of hydrogen-bond donors (Lipinski definition) is 1. The van der Waals surface area contributed by atoms with E-state index in [1.807, 2.05) is 18.2 Å². The zero-order valence-electron chi connectivity index (χ0n) is 10.5. The molecule has 0 unspecified atom stereocenters. The Morgan fingerprint density at radius 3 is 2.72 bits per heavy atom. The van der Waals surface area contributed by atoms with Gasteiger partial charge in [-0.15, -0.1) is 0 Å². The number of rotatable bonds is 6. The fourth-order valence-corrected chi connectivity index (χ4v) is 1.48. The lowest BCUT2D eigenvalue weighted by molar-refractivity contribution is -0.138. The van der Waals surface area contributed by atoms with Crippen LogP contribution >= 0.6 is 0 Å². The average Bonchev–Trinajstić information content (AvgIpc) is 2.36. The van der Waals surface area contributed by atoms with Crippen LogP contribution in [0.5, 0.6) is 5.75 Å². The summed E-state index contributed by atoms with van der Waals surface area (Å²) >= 11 is 0. The fraction of sp³-hybridized carbons (Fsp3) is 0.385. The molecule has 0 aromatic heterocycles. The van der Waals surface area contributed by atoms with Crippen LogP contribution in [0, 0.1) is 0 Å². The first-order valence-electron chi connectivity index (χ1n) is 5.61. The average molecular weight is 251 g/mol. The lowest BCUT2D eigenvalue weighted by atomic mass is 10.1. The maximum absolute atomic E-state index is 11.8. The smallest absolute Gasteiger partial charge is 0.305 e. The van der Waals surface area contributed by atoms with Gasteiger partial charge in [0.25, 0.3) is 0 Å². The number of nitrogens with zero attached hydrogens (tertiary/aromatic N) is 1. The van der Waals surface area contributed by atoms with Crippen LogP contribution in [0.25, 0.3) is 0 Å². The maximum atomic E-state index is 11.8. The van der Waals surface area contributed by atoms with Crippen LogP contribution in [0.2, 0.25) is 0 Å². The van der Waals surface area contributed by atoms with E-state index in [-0.39, 0.29) is 25.3 Å². The second-order valence-electron chi connectivity index (χ2n) is 3.99. The molecule has 0 saturated heterocycles. The minimum Gasteiger partial charge on any atom is -0.497 e. The van der Waals surface area contributed by atoms with E-state index >= 15 is 0 Å². The van der Waals surface area contributed by atoms with Gasteiger partial charge in [-0.25, -0.2) is 0 Å². The van der Waals surface area contributed by atoms with Crippen molar-refractivity contribution in [3.8, 4) is 5.75 Å². The van der Waals surface area contributed by atoms with Gasteiger partial charge in [0, 0.05) is 13.6 Å². The molecule has 0 spiro atoms. The molecule has 0 radical (unpaired) electrons. The Bertz CT molecular complexity index is 431. The number of amides is 1. The van der Waals surface area contributed by atoms with Crippen LogP contribution in [-0.4, -0.2) is 42.6 Å². The molecule has 1 aromatic rings. The van der Waals surface area contributed by atoms with E-state index < -0.39 is 5.97 Å². The van der Waals surface area contributed by atoms with E-state index in [0.717, 1.165) is 5.56 Å². The van der Waals surface area contributed by atoms with Crippen LogP contribution in [0.3, 0.4) is 0 Å². The maximum Gasteiger partial charge on any atom is 0.305 e. The summed E-state index contributed by atoms with van der Waals surface area (Å²) in [6, 6.07) is 7.26. The first-order chi connectivity index (χ1) is 8.52. The van der Waals surface area contributed by atoms with E-state index in [0.29, 0.717) is 5.75 Å². The summed E-state index contributed by atoms with van der Waals surface area (Å²) < 4.78 is 5.07. The number of carbonyl (C=O) groups is 2. The number of aliphatic carboxylic acids is 1. The minimum atomic E-state index is -0.906. The zero-order chi connectivity index (χ0) is 13.5. The standard InChI is InChI=1S/C13H17NO4/c1-14(7-6-13(16)17)12(15)9-10-4-3-5-11(8-10)18-2/h3-5,8H,6-7,9H2,1-2H3,(H,16,17). The molecule has 1 rings (SSSR count). The quantitative estimate of drug-likeness (QED) is 0.824. The molecule has 5 heteroatoms. The van der Waals surface area contributed by atoms with Crippen LogP contribution in [0.15, 0.2) is 24.3 Å². The second kappa shape index (κ2) is 6.64. The predicted molar refractivity (Wildman–Crippen MR) is 66.6 cm³/mol. The summed E-state index contributed by atoms with van der Waals surface area (Å²) in [4.78, 5) is 23.7. The Hall–Kier alpha value is -2.04. The van der Waals surface area contributed by atoms with Crippen molar-refractivity contribution in [1.29, 1.82) is 0 Å². The van der Waals surface area contributed by atoms with E-state index in [1.54, 1.807) is 20.2 Å². The molecule has 1 aromatic carbocycles.